The van der Waals surface area contributed by atoms with Crippen molar-refractivity contribution in [2.24, 2.45) is 0 Å². The maximum Gasteiger partial charge on any atom is 0.244 e. The molecule has 1 amide bonds. The Labute approximate surface area is 149 Å². The zero-order chi connectivity index (χ0) is 17.6. The van der Waals surface area contributed by atoms with Gasteiger partial charge in [-0.3, -0.25) is 10.1 Å². The first-order valence-electron chi connectivity index (χ1n) is 9.54. The number of carbonyl (C=O) groups is 1. The molecule has 1 saturated carbocycles. The van der Waals surface area contributed by atoms with E-state index in [0.29, 0.717) is 6.54 Å². The minimum Gasteiger partial charge on any atom is -0.496 e. The van der Waals surface area contributed by atoms with Crippen molar-refractivity contribution >= 4 is 5.91 Å². The molecule has 2 unspecified atom stereocenters. The molecule has 1 aliphatic carbocycles. The van der Waals surface area contributed by atoms with E-state index in [1.54, 1.807) is 7.11 Å². The number of nitrogens with one attached hydrogen (secondary N) is 1. The first kappa shape index (κ1) is 16.7. The molecule has 136 valence electrons. The number of ether oxygens (including phenoxy) is 2. The molecule has 1 N–H and O–H groups in total. The van der Waals surface area contributed by atoms with Gasteiger partial charge in [0, 0.05) is 24.1 Å². The number of amides is 1. The molecule has 1 saturated heterocycles. The second-order valence-corrected chi connectivity index (χ2v) is 7.62. The van der Waals surface area contributed by atoms with E-state index in [4.69, 9.17) is 9.47 Å². The van der Waals surface area contributed by atoms with E-state index in [1.807, 2.05) is 11.8 Å². The zero-order valence-electron chi connectivity index (χ0n) is 15.4. The van der Waals surface area contributed by atoms with Crippen molar-refractivity contribution in [3.8, 4) is 11.5 Å². The van der Waals surface area contributed by atoms with Gasteiger partial charge in [0.1, 0.15) is 23.8 Å². The second kappa shape index (κ2) is 6.20. The number of hydrogen-bond acceptors (Lipinski definition) is 4. The molecule has 1 spiro atoms. The van der Waals surface area contributed by atoms with Crippen LogP contribution in [-0.2, 0) is 11.2 Å². The van der Waals surface area contributed by atoms with Crippen LogP contribution in [0.2, 0.25) is 0 Å². The minimum absolute atomic E-state index is 0.143. The zero-order valence-corrected chi connectivity index (χ0v) is 15.4. The summed E-state index contributed by atoms with van der Waals surface area (Å²) in [6, 6.07) is 4.16. The maximum absolute atomic E-state index is 13.2. The van der Waals surface area contributed by atoms with E-state index in [2.05, 4.69) is 24.4 Å². The first-order chi connectivity index (χ1) is 12.1. The van der Waals surface area contributed by atoms with Gasteiger partial charge >= 0.3 is 0 Å². The van der Waals surface area contributed by atoms with E-state index < -0.39 is 5.54 Å². The van der Waals surface area contributed by atoms with E-state index in [0.717, 1.165) is 49.2 Å². The predicted octanol–water partition coefficient (Wildman–Crippen LogP) is 3.17. The van der Waals surface area contributed by atoms with Crippen molar-refractivity contribution in [1.82, 2.24) is 10.2 Å². The van der Waals surface area contributed by atoms with Gasteiger partial charge in [0.2, 0.25) is 5.91 Å². The van der Waals surface area contributed by atoms with E-state index in [9.17, 15) is 4.79 Å². The molecule has 3 aliphatic rings. The third-order valence-corrected chi connectivity index (χ3v) is 5.99. The Hall–Kier alpha value is -1.75. The van der Waals surface area contributed by atoms with Crippen LogP contribution < -0.4 is 14.8 Å². The molecular weight excluding hydrogens is 316 g/mol. The van der Waals surface area contributed by atoms with Crippen molar-refractivity contribution in [2.45, 2.75) is 70.2 Å². The highest BCUT2D eigenvalue weighted by Gasteiger charge is 2.51. The quantitative estimate of drug-likeness (QED) is 0.915. The largest absolute Gasteiger partial charge is 0.496 e. The third kappa shape index (κ3) is 2.60. The lowest BCUT2D eigenvalue weighted by atomic mass is 9.81. The number of hydrogen-bond donors (Lipinski definition) is 1. The topological polar surface area (TPSA) is 50.8 Å². The average Bonchev–Trinajstić information content (AvgIpc) is 3.11. The Morgan fingerprint density at radius 2 is 2.08 bits per heavy atom. The minimum atomic E-state index is -0.392. The molecule has 4 rings (SSSR count). The van der Waals surface area contributed by atoms with E-state index in [1.165, 1.54) is 12.0 Å². The summed E-state index contributed by atoms with van der Waals surface area (Å²) in [5.41, 5.74) is 1.80. The molecule has 5 heteroatoms. The Kier molecular flexibility index (Phi) is 4.14. The Bertz CT molecular complexity index is 682. The highest BCUT2D eigenvalue weighted by molar-refractivity contribution is 5.89. The summed E-state index contributed by atoms with van der Waals surface area (Å²) in [5.74, 6) is 2.02. The van der Waals surface area contributed by atoms with Crippen LogP contribution >= 0.6 is 0 Å². The highest BCUT2D eigenvalue weighted by atomic mass is 16.5. The lowest BCUT2D eigenvalue weighted by molar-refractivity contribution is -0.134. The van der Waals surface area contributed by atoms with E-state index >= 15 is 0 Å². The van der Waals surface area contributed by atoms with Crippen molar-refractivity contribution in [1.29, 1.82) is 0 Å². The number of nitrogens with zero attached hydrogens (tertiary/aromatic N) is 1. The standard InChI is InChI=1S/C20H28N2O3/c1-4-22-18(21-20(19(22)23)8-6-5-7-9-20)15-12-16-14(10-13(2)25-16)11-17(15)24-3/h11-13,18,21H,4-10H2,1-3H3. The van der Waals surface area contributed by atoms with Crippen LogP contribution in [0.15, 0.2) is 12.1 Å². The molecule has 2 atom stereocenters. The molecule has 1 aromatic rings. The van der Waals surface area contributed by atoms with Gasteiger partial charge in [0.05, 0.1) is 12.6 Å². The Balaban J connectivity index is 1.73. The van der Waals surface area contributed by atoms with Crippen molar-refractivity contribution < 1.29 is 14.3 Å². The van der Waals surface area contributed by atoms with Gasteiger partial charge in [-0.25, -0.2) is 0 Å². The van der Waals surface area contributed by atoms with Crippen LogP contribution in [-0.4, -0.2) is 36.1 Å². The maximum atomic E-state index is 13.2. The van der Waals surface area contributed by atoms with Crippen LogP contribution in [0.25, 0.3) is 0 Å². The molecule has 5 nitrogen and oxygen atoms in total. The summed E-state index contributed by atoms with van der Waals surface area (Å²) >= 11 is 0. The van der Waals surface area contributed by atoms with Crippen LogP contribution in [0.3, 0.4) is 0 Å². The van der Waals surface area contributed by atoms with Crippen LogP contribution in [0, 0.1) is 0 Å². The van der Waals surface area contributed by atoms with Crippen molar-refractivity contribution in [2.75, 3.05) is 13.7 Å². The fourth-order valence-corrected chi connectivity index (χ4v) is 4.72. The highest BCUT2D eigenvalue weighted by Crippen LogP contribution is 2.44. The Morgan fingerprint density at radius 3 is 2.76 bits per heavy atom. The van der Waals surface area contributed by atoms with Crippen LogP contribution in [0.1, 0.15) is 63.2 Å². The molecule has 0 radical (unpaired) electrons. The number of rotatable bonds is 3. The molecule has 2 heterocycles. The van der Waals surface area contributed by atoms with Gasteiger partial charge in [-0.2, -0.15) is 0 Å². The van der Waals surface area contributed by atoms with Gasteiger partial charge in [-0.05, 0) is 38.8 Å². The third-order valence-electron chi connectivity index (χ3n) is 5.99. The van der Waals surface area contributed by atoms with Gasteiger partial charge in [-0.1, -0.05) is 19.3 Å². The monoisotopic (exact) mass is 344 g/mol. The summed E-state index contributed by atoms with van der Waals surface area (Å²) in [4.78, 5) is 15.1. The van der Waals surface area contributed by atoms with Gasteiger partial charge in [0.15, 0.2) is 0 Å². The SMILES string of the molecule is CCN1C(=O)C2(CCCCC2)NC1c1cc2c(cc1OC)CC(C)O2. The summed E-state index contributed by atoms with van der Waals surface area (Å²) in [6.45, 7) is 4.82. The molecule has 2 fully saturated rings. The van der Waals surface area contributed by atoms with Crippen LogP contribution in [0.5, 0.6) is 11.5 Å². The van der Waals surface area contributed by atoms with Gasteiger partial charge < -0.3 is 14.4 Å². The lowest BCUT2D eigenvalue weighted by Crippen LogP contribution is -2.48. The summed E-state index contributed by atoms with van der Waals surface area (Å²) in [5, 5.41) is 3.69. The second-order valence-electron chi connectivity index (χ2n) is 7.62. The molecule has 2 aliphatic heterocycles. The Morgan fingerprint density at radius 1 is 1.32 bits per heavy atom. The van der Waals surface area contributed by atoms with Crippen molar-refractivity contribution in [3.63, 3.8) is 0 Å². The molecule has 0 aromatic heterocycles. The van der Waals surface area contributed by atoms with Gasteiger partial charge in [-0.15, -0.1) is 0 Å². The number of likely N-dealkylation sites (N-methyl/N-ethyl adjacent to an activating group) is 1. The number of methoxy groups -OCH3 is 1. The molecular formula is C20H28N2O3. The number of benzene rings is 1. The molecule has 1 aromatic carbocycles. The van der Waals surface area contributed by atoms with E-state index in [-0.39, 0.29) is 18.2 Å². The summed E-state index contributed by atoms with van der Waals surface area (Å²) < 4.78 is 11.6. The first-order valence-corrected chi connectivity index (χ1v) is 9.54. The van der Waals surface area contributed by atoms with Crippen molar-refractivity contribution in [3.05, 3.63) is 23.3 Å². The molecule has 25 heavy (non-hydrogen) atoms. The summed E-state index contributed by atoms with van der Waals surface area (Å²) in [6.07, 6.45) is 6.27. The number of fused-ring (bicyclic) bond motifs is 1. The predicted molar refractivity (Wildman–Crippen MR) is 95.9 cm³/mol. The lowest BCUT2D eigenvalue weighted by Gasteiger charge is -2.31. The number of carbonyl (C=O) groups excluding carboxylic acids is 1. The van der Waals surface area contributed by atoms with Crippen LogP contribution in [0.4, 0.5) is 0 Å². The fraction of sp³-hybridized carbons (Fsp3) is 0.650. The smallest absolute Gasteiger partial charge is 0.244 e. The fourth-order valence-electron chi connectivity index (χ4n) is 4.72. The normalized spacial score (nSPS) is 27.5. The van der Waals surface area contributed by atoms with Gasteiger partial charge in [0.25, 0.3) is 0 Å². The molecule has 0 bridgehead atoms. The average molecular weight is 344 g/mol. The summed E-state index contributed by atoms with van der Waals surface area (Å²) in [7, 11) is 1.70.